The van der Waals surface area contributed by atoms with Crippen LogP contribution in [0.5, 0.6) is 0 Å². The van der Waals surface area contributed by atoms with Crippen LogP contribution >= 0.6 is 0 Å². The van der Waals surface area contributed by atoms with Crippen LogP contribution in [0.25, 0.3) is 5.57 Å². The molecule has 0 saturated carbocycles. The van der Waals surface area contributed by atoms with E-state index >= 15 is 0 Å². The Kier molecular flexibility index (Phi) is 4.75. The van der Waals surface area contributed by atoms with E-state index in [0.717, 1.165) is 60.7 Å². The van der Waals surface area contributed by atoms with Crippen LogP contribution in [0.1, 0.15) is 30.9 Å². The second kappa shape index (κ2) is 7.20. The number of carbonyl (C=O) groups excluding carboxylic acids is 1. The zero-order chi connectivity index (χ0) is 19.0. The van der Waals surface area contributed by atoms with Gasteiger partial charge in [-0.1, -0.05) is 31.7 Å². The van der Waals surface area contributed by atoms with Crippen LogP contribution in [0.4, 0.5) is 17.1 Å². The van der Waals surface area contributed by atoms with Crippen molar-refractivity contribution in [1.82, 2.24) is 4.90 Å². The molecule has 1 saturated heterocycles. The summed E-state index contributed by atoms with van der Waals surface area (Å²) in [7, 11) is 0. The molecule has 27 heavy (non-hydrogen) atoms. The summed E-state index contributed by atoms with van der Waals surface area (Å²) in [5.74, 6) is -0.0345. The predicted octanol–water partition coefficient (Wildman–Crippen LogP) is 4.58. The van der Waals surface area contributed by atoms with E-state index in [-0.39, 0.29) is 5.91 Å². The number of aryl methyl sites for hydroxylation is 1. The van der Waals surface area contributed by atoms with Crippen LogP contribution in [0.2, 0.25) is 0 Å². The van der Waals surface area contributed by atoms with Crippen molar-refractivity contribution in [3.8, 4) is 0 Å². The van der Waals surface area contributed by atoms with E-state index in [1.165, 1.54) is 0 Å². The standard InChI is InChI=1S/C23H27N3O/c1-4-25-13-11-18(12-14-25)24-19-9-10-22-20(15-19)17(3)23(27)26(22)21-8-6-5-7-16(21)2/h5-10,15,18,24H,3-4,11-14H2,1-2H3. The van der Waals surface area contributed by atoms with Gasteiger partial charge in [0.2, 0.25) is 0 Å². The molecule has 0 atom stereocenters. The Morgan fingerprint density at radius 2 is 1.85 bits per heavy atom. The Morgan fingerprint density at radius 1 is 1.11 bits per heavy atom. The van der Waals surface area contributed by atoms with Crippen molar-refractivity contribution >= 4 is 28.5 Å². The number of para-hydroxylation sites is 1. The minimum Gasteiger partial charge on any atom is -0.382 e. The molecule has 0 bridgehead atoms. The van der Waals surface area contributed by atoms with Crippen LogP contribution in [-0.2, 0) is 4.79 Å². The van der Waals surface area contributed by atoms with E-state index in [9.17, 15) is 4.79 Å². The predicted molar refractivity (Wildman–Crippen MR) is 113 cm³/mol. The maximum absolute atomic E-state index is 12.9. The summed E-state index contributed by atoms with van der Waals surface area (Å²) in [6, 6.07) is 14.7. The molecule has 2 aliphatic heterocycles. The first kappa shape index (κ1) is 17.8. The molecule has 2 aromatic carbocycles. The molecule has 1 fully saturated rings. The van der Waals surface area contributed by atoms with Gasteiger partial charge < -0.3 is 10.2 Å². The largest absolute Gasteiger partial charge is 0.382 e. The molecule has 4 nitrogen and oxygen atoms in total. The van der Waals surface area contributed by atoms with Gasteiger partial charge in [0.15, 0.2) is 0 Å². The number of rotatable bonds is 4. The molecular weight excluding hydrogens is 334 g/mol. The van der Waals surface area contributed by atoms with E-state index in [1.807, 2.05) is 37.3 Å². The van der Waals surface area contributed by atoms with E-state index in [0.29, 0.717) is 11.6 Å². The molecule has 1 amide bonds. The maximum atomic E-state index is 12.9. The number of amides is 1. The Hall–Kier alpha value is -2.59. The average molecular weight is 361 g/mol. The van der Waals surface area contributed by atoms with Gasteiger partial charge in [0, 0.05) is 36.0 Å². The van der Waals surface area contributed by atoms with Gasteiger partial charge in [0.25, 0.3) is 5.91 Å². The van der Waals surface area contributed by atoms with Crippen LogP contribution < -0.4 is 10.2 Å². The molecule has 0 unspecified atom stereocenters. The van der Waals surface area contributed by atoms with Crippen molar-refractivity contribution in [1.29, 1.82) is 0 Å². The Bertz CT molecular complexity index is 881. The van der Waals surface area contributed by atoms with Crippen molar-refractivity contribution in [3.05, 3.63) is 60.2 Å². The summed E-state index contributed by atoms with van der Waals surface area (Å²) in [4.78, 5) is 17.2. The molecule has 2 aliphatic rings. The molecule has 0 aliphatic carbocycles. The first-order valence-corrected chi connectivity index (χ1v) is 9.80. The lowest BCUT2D eigenvalue weighted by Gasteiger charge is -2.32. The molecule has 0 radical (unpaired) electrons. The fourth-order valence-corrected chi connectivity index (χ4v) is 4.10. The maximum Gasteiger partial charge on any atom is 0.262 e. The second-order valence-electron chi connectivity index (χ2n) is 7.49. The fraction of sp³-hybridized carbons (Fsp3) is 0.348. The number of likely N-dealkylation sites (tertiary alicyclic amines) is 1. The minimum atomic E-state index is -0.0345. The van der Waals surface area contributed by atoms with Gasteiger partial charge in [-0.05, 0) is 56.1 Å². The fourth-order valence-electron chi connectivity index (χ4n) is 4.10. The van der Waals surface area contributed by atoms with Crippen LogP contribution in [-0.4, -0.2) is 36.5 Å². The monoisotopic (exact) mass is 361 g/mol. The number of piperidine rings is 1. The number of nitrogens with one attached hydrogen (secondary N) is 1. The van der Waals surface area contributed by atoms with Crippen LogP contribution in [0, 0.1) is 6.92 Å². The number of fused-ring (bicyclic) bond motifs is 1. The van der Waals surface area contributed by atoms with Crippen molar-refractivity contribution in [2.75, 3.05) is 29.9 Å². The van der Waals surface area contributed by atoms with Crippen molar-refractivity contribution in [3.63, 3.8) is 0 Å². The first-order chi connectivity index (χ1) is 13.1. The van der Waals surface area contributed by atoms with Gasteiger partial charge in [-0.3, -0.25) is 9.69 Å². The molecule has 4 heteroatoms. The smallest absolute Gasteiger partial charge is 0.262 e. The number of benzene rings is 2. The van der Waals surface area contributed by atoms with Gasteiger partial charge in [-0.2, -0.15) is 0 Å². The Morgan fingerprint density at radius 3 is 2.56 bits per heavy atom. The summed E-state index contributed by atoms with van der Waals surface area (Å²) >= 11 is 0. The van der Waals surface area contributed by atoms with Crippen molar-refractivity contribution in [2.45, 2.75) is 32.7 Å². The summed E-state index contributed by atoms with van der Waals surface area (Å²) in [6.07, 6.45) is 2.31. The lowest BCUT2D eigenvalue weighted by molar-refractivity contribution is -0.112. The third-order valence-corrected chi connectivity index (χ3v) is 5.79. The zero-order valence-electron chi connectivity index (χ0n) is 16.2. The number of hydrogen-bond donors (Lipinski definition) is 1. The molecule has 4 rings (SSSR count). The third-order valence-electron chi connectivity index (χ3n) is 5.79. The Balaban J connectivity index is 1.58. The molecule has 1 N–H and O–H groups in total. The highest BCUT2D eigenvalue weighted by Crippen LogP contribution is 2.43. The highest BCUT2D eigenvalue weighted by molar-refractivity contribution is 6.34. The van der Waals surface area contributed by atoms with E-state index < -0.39 is 0 Å². The van der Waals surface area contributed by atoms with E-state index in [1.54, 1.807) is 4.90 Å². The summed E-state index contributed by atoms with van der Waals surface area (Å²) < 4.78 is 0. The van der Waals surface area contributed by atoms with Crippen molar-refractivity contribution < 1.29 is 4.79 Å². The van der Waals surface area contributed by atoms with Gasteiger partial charge in [-0.15, -0.1) is 0 Å². The average Bonchev–Trinajstić information content (AvgIpc) is 2.93. The van der Waals surface area contributed by atoms with Gasteiger partial charge in [0.1, 0.15) is 0 Å². The lowest BCUT2D eigenvalue weighted by atomic mass is 10.0. The third kappa shape index (κ3) is 3.26. The molecular formula is C23H27N3O. The minimum absolute atomic E-state index is 0.0345. The van der Waals surface area contributed by atoms with E-state index in [4.69, 9.17) is 0 Å². The normalized spacial score (nSPS) is 18.1. The highest BCUT2D eigenvalue weighted by atomic mass is 16.2. The topological polar surface area (TPSA) is 35.6 Å². The summed E-state index contributed by atoms with van der Waals surface area (Å²) in [5.41, 5.74) is 5.50. The van der Waals surface area contributed by atoms with Gasteiger partial charge >= 0.3 is 0 Å². The number of anilines is 3. The molecule has 2 heterocycles. The molecule has 2 aromatic rings. The molecule has 140 valence electrons. The quantitative estimate of drug-likeness (QED) is 0.810. The highest BCUT2D eigenvalue weighted by Gasteiger charge is 2.33. The summed E-state index contributed by atoms with van der Waals surface area (Å²) in [5, 5.41) is 3.66. The lowest BCUT2D eigenvalue weighted by Crippen LogP contribution is -2.38. The SMILES string of the molecule is C=C1C(=O)N(c2ccccc2C)c2ccc(NC3CCN(CC)CC3)cc21. The number of hydrogen-bond acceptors (Lipinski definition) is 3. The summed E-state index contributed by atoms with van der Waals surface area (Å²) in [6.45, 7) is 11.7. The van der Waals surface area contributed by atoms with Gasteiger partial charge in [0.05, 0.1) is 11.4 Å². The number of nitrogens with zero attached hydrogens (tertiary/aromatic N) is 2. The van der Waals surface area contributed by atoms with Gasteiger partial charge in [-0.25, -0.2) is 0 Å². The van der Waals surface area contributed by atoms with E-state index in [2.05, 4.69) is 35.9 Å². The molecule has 0 spiro atoms. The first-order valence-electron chi connectivity index (χ1n) is 9.80. The second-order valence-corrected chi connectivity index (χ2v) is 7.49. The van der Waals surface area contributed by atoms with Crippen molar-refractivity contribution in [2.24, 2.45) is 0 Å². The zero-order valence-corrected chi connectivity index (χ0v) is 16.2. The Labute approximate surface area is 161 Å². The van der Waals surface area contributed by atoms with Crippen LogP contribution in [0.15, 0.2) is 49.0 Å². The number of carbonyl (C=O) groups is 1. The van der Waals surface area contributed by atoms with Crippen LogP contribution in [0.3, 0.4) is 0 Å². The molecule has 0 aromatic heterocycles.